The monoisotopic (exact) mass is 202 g/mol. The number of hydrogen-bond donors (Lipinski definition) is 2. The number of hydrogen-bond acceptors (Lipinski definition) is 2. The lowest BCUT2D eigenvalue weighted by atomic mass is 9.80. The van der Waals surface area contributed by atoms with E-state index in [9.17, 15) is 10.2 Å². The largest absolute Gasteiger partial charge is 0.508 e. The first kappa shape index (κ1) is 9.99. The topological polar surface area (TPSA) is 40.5 Å². The van der Waals surface area contributed by atoms with Gasteiger partial charge in [0.25, 0.3) is 0 Å². The van der Waals surface area contributed by atoms with Gasteiger partial charge in [-0.15, -0.1) is 0 Å². The van der Waals surface area contributed by atoms with Crippen LogP contribution in [0.5, 0.6) is 5.75 Å². The molecule has 2 N–H and O–H groups in total. The molecule has 1 aromatic rings. The Balaban J connectivity index is 2.41. The molecule has 1 aliphatic carbocycles. The number of phenols is 1. The van der Waals surface area contributed by atoms with Gasteiger partial charge in [0, 0.05) is 5.92 Å². The van der Waals surface area contributed by atoms with Crippen LogP contribution in [0.1, 0.15) is 12.5 Å². The average molecular weight is 202 g/mol. The molecule has 2 nitrogen and oxygen atoms in total. The molecule has 15 heavy (non-hydrogen) atoms. The summed E-state index contributed by atoms with van der Waals surface area (Å²) >= 11 is 0. The van der Waals surface area contributed by atoms with Gasteiger partial charge in [-0.25, -0.2) is 0 Å². The number of allylic oxidation sites excluding steroid dienone is 2. The van der Waals surface area contributed by atoms with Crippen LogP contribution in [0.25, 0.3) is 0 Å². The standard InChI is InChI=1S/C13H14O2/c1-10-4-2-3-9-13(10,15)11-5-7-12(14)8-6-11/h2-10,14-15H,1H3. The van der Waals surface area contributed by atoms with E-state index in [-0.39, 0.29) is 11.7 Å². The Morgan fingerprint density at radius 1 is 1.13 bits per heavy atom. The Kier molecular flexibility index (Phi) is 2.37. The van der Waals surface area contributed by atoms with Crippen LogP contribution in [0.3, 0.4) is 0 Å². The lowest BCUT2D eigenvalue weighted by Gasteiger charge is -2.31. The molecule has 1 aromatic carbocycles. The van der Waals surface area contributed by atoms with Crippen LogP contribution in [-0.4, -0.2) is 10.2 Å². The van der Waals surface area contributed by atoms with E-state index in [2.05, 4.69) is 0 Å². The lowest BCUT2D eigenvalue weighted by molar-refractivity contribution is 0.0503. The minimum absolute atomic E-state index is 0.0343. The van der Waals surface area contributed by atoms with Gasteiger partial charge in [0.15, 0.2) is 0 Å². The molecule has 0 heterocycles. The van der Waals surface area contributed by atoms with Crippen molar-refractivity contribution in [1.82, 2.24) is 0 Å². The molecular formula is C13H14O2. The molecule has 0 saturated carbocycles. The van der Waals surface area contributed by atoms with E-state index >= 15 is 0 Å². The van der Waals surface area contributed by atoms with Gasteiger partial charge in [-0.2, -0.15) is 0 Å². The van der Waals surface area contributed by atoms with E-state index in [1.807, 2.05) is 25.2 Å². The summed E-state index contributed by atoms with van der Waals surface area (Å²) in [6.45, 7) is 1.97. The normalized spacial score (nSPS) is 29.3. The maximum atomic E-state index is 10.5. The summed E-state index contributed by atoms with van der Waals surface area (Å²) in [6.07, 6.45) is 7.52. The number of aromatic hydroxyl groups is 1. The van der Waals surface area contributed by atoms with Crippen molar-refractivity contribution in [2.24, 2.45) is 5.92 Å². The molecule has 0 spiro atoms. The first-order valence-corrected chi connectivity index (χ1v) is 5.01. The summed E-state index contributed by atoms with van der Waals surface area (Å²) in [4.78, 5) is 0. The molecular weight excluding hydrogens is 188 g/mol. The van der Waals surface area contributed by atoms with Gasteiger partial charge in [0.2, 0.25) is 0 Å². The SMILES string of the molecule is CC1C=CC=CC1(O)c1ccc(O)cc1. The molecule has 78 valence electrons. The smallest absolute Gasteiger partial charge is 0.115 e. The zero-order valence-corrected chi connectivity index (χ0v) is 8.59. The summed E-state index contributed by atoms with van der Waals surface area (Å²) in [5.41, 5.74) is -0.156. The third-order valence-electron chi connectivity index (χ3n) is 2.89. The highest BCUT2D eigenvalue weighted by atomic mass is 16.3. The van der Waals surface area contributed by atoms with E-state index in [1.54, 1.807) is 30.3 Å². The van der Waals surface area contributed by atoms with Crippen molar-refractivity contribution < 1.29 is 10.2 Å². The van der Waals surface area contributed by atoms with Crippen molar-refractivity contribution in [1.29, 1.82) is 0 Å². The summed E-state index contributed by atoms with van der Waals surface area (Å²) in [7, 11) is 0. The van der Waals surface area contributed by atoms with Gasteiger partial charge in [-0.3, -0.25) is 0 Å². The van der Waals surface area contributed by atoms with Crippen LogP contribution < -0.4 is 0 Å². The van der Waals surface area contributed by atoms with Crippen LogP contribution in [0.2, 0.25) is 0 Å². The second-order valence-corrected chi connectivity index (χ2v) is 3.90. The fraction of sp³-hybridized carbons (Fsp3) is 0.231. The second kappa shape index (κ2) is 3.55. The molecule has 2 heteroatoms. The fourth-order valence-corrected chi connectivity index (χ4v) is 1.82. The first-order valence-electron chi connectivity index (χ1n) is 5.01. The van der Waals surface area contributed by atoms with E-state index in [1.165, 1.54) is 0 Å². The highest BCUT2D eigenvalue weighted by Crippen LogP contribution is 2.34. The van der Waals surface area contributed by atoms with Gasteiger partial charge >= 0.3 is 0 Å². The maximum Gasteiger partial charge on any atom is 0.115 e. The van der Waals surface area contributed by atoms with Crippen molar-refractivity contribution in [3.8, 4) is 5.75 Å². The maximum absolute atomic E-state index is 10.5. The van der Waals surface area contributed by atoms with Gasteiger partial charge in [-0.1, -0.05) is 37.3 Å². The number of phenolic OH excluding ortho intramolecular Hbond substituents is 1. The van der Waals surface area contributed by atoms with Crippen molar-refractivity contribution in [2.75, 3.05) is 0 Å². The van der Waals surface area contributed by atoms with Crippen LogP contribution in [0.15, 0.2) is 48.6 Å². The molecule has 2 unspecified atom stereocenters. The third-order valence-corrected chi connectivity index (χ3v) is 2.89. The second-order valence-electron chi connectivity index (χ2n) is 3.90. The Hall–Kier alpha value is -1.54. The van der Waals surface area contributed by atoms with Crippen LogP contribution in [0.4, 0.5) is 0 Å². The van der Waals surface area contributed by atoms with Crippen molar-refractivity contribution >= 4 is 0 Å². The first-order chi connectivity index (χ1) is 7.13. The molecule has 2 atom stereocenters. The predicted molar refractivity (Wildman–Crippen MR) is 59.4 cm³/mol. The van der Waals surface area contributed by atoms with E-state index in [0.29, 0.717) is 0 Å². The zero-order valence-electron chi connectivity index (χ0n) is 8.59. The summed E-state index contributed by atoms with van der Waals surface area (Å²) in [5, 5.41) is 19.7. The van der Waals surface area contributed by atoms with Crippen molar-refractivity contribution in [3.63, 3.8) is 0 Å². The van der Waals surface area contributed by atoms with Crippen molar-refractivity contribution in [3.05, 3.63) is 54.1 Å². The predicted octanol–water partition coefficient (Wildman–Crippen LogP) is 2.34. The van der Waals surface area contributed by atoms with Crippen LogP contribution in [0, 0.1) is 5.92 Å². The minimum atomic E-state index is -0.956. The van der Waals surface area contributed by atoms with E-state index < -0.39 is 5.60 Å². The fourth-order valence-electron chi connectivity index (χ4n) is 1.82. The Bertz CT molecular complexity index is 403. The third kappa shape index (κ3) is 1.68. The van der Waals surface area contributed by atoms with Crippen LogP contribution >= 0.6 is 0 Å². The molecule has 0 aromatic heterocycles. The van der Waals surface area contributed by atoms with Gasteiger partial charge in [-0.05, 0) is 23.8 Å². The number of aliphatic hydroxyl groups is 1. The molecule has 0 fully saturated rings. The van der Waals surface area contributed by atoms with Gasteiger partial charge in [0.1, 0.15) is 11.4 Å². The summed E-state index contributed by atoms with van der Waals surface area (Å²) in [6, 6.07) is 6.67. The van der Waals surface area contributed by atoms with Gasteiger partial charge < -0.3 is 10.2 Å². The number of rotatable bonds is 1. The molecule has 2 rings (SSSR count). The molecule has 0 saturated heterocycles. The summed E-state index contributed by atoms with van der Waals surface area (Å²) < 4.78 is 0. The molecule has 1 aliphatic rings. The Morgan fingerprint density at radius 2 is 1.80 bits per heavy atom. The number of benzene rings is 1. The summed E-state index contributed by atoms with van der Waals surface area (Å²) in [5.74, 6) is 0.248. The van der Waals surface area contributed by atoms with Crippen LogP contribution in [-0.2, 0) is 5.60 Å². The highest BCUT2D eigenvalue weighted by Gasteiger charge is 2.32. The molecule has 0 radical (unpaired) electrons. The molecule has 0 bridgehead atoms. The molecule has 0 aliphatic heterocycles. The zero-order chi connectivity index (χ0) is 10.9. The highest BCUT2D eigenvalue weighted by molar-refractivity contribution is 5.36. The Morgan fingerprint density at radius 3 is 2.40 bits per heavy atom. The van der Waals surface area contributed by atoms with E-state index in [0.717, 1.165) is 5.56 Å². The molecule has 0 amide bonds. The van der Waals surface area contributed by atoms with Crippen molar-refractivity contribution in [2.45, 2.75) is 12.5 Å². The Labute approximate surface area is 89.2 Å². The van der Waals surface area contributed by atoms with E-state index in [4.69, 9.17) is 0 Å². The quantitative estimate of drug-likeness (QED) is 0.733. The lowest BCUT2D eigenvalue weighted by Crippen LogP contribution is -2.31. The average Bonchev–Trinajstić information content (AvgIpc) is 2.23. The minimum Gasteiger partial charge on any atom is -0.508 e. The van der Waals surface area contributed by atoms with Gasteiger partial charge in [0.05, 0.1) is 0 Å².